The lowest BCUT2D eigenvalue weighted by molar-refractivity contribution is -0.141. The van der Waals surface area contributed by atoms with Crippen molar-refractivity contribution in [2.75, 3.05) is 32.8 Å². The third-order valence-electron chi connectivity index (χ3n) is 15.1. The van der Waals surface area contributed by atoms with Gasteiger partial charge in [-0.15, -0.1) is 0 Å². The van der Waals surface area contributed by atoms with Gasteiger partial charge in [-0.1, -0.05) is 87.5 Å². The maximum Gasteiger partial charge on any atom is 0.246 e. The Morgan fingerprint density at radius 1 is 0.558 bits per heavy atom. The van der Waals surface area contributed by atoms with E-state index in [4.69, 9.17) is 5.11 Å². The Morgan fingerprint density at radius 2 is 1.12 bits per heavy atom. The minimum Gasteiger partial charge on any atom is -0.395 e. The maximum atomic E-state index is 14.6. The minimum atomic E-state index is -1.71. The van der Waals surface area contributed by atoms with Crippen LogP contribution in [0.1, 0.15) is 219 Å². The Kier molecular flexibility index (Phi) is 35.7. The number of carbonyl (C=O) groups excluding carboxylic acids is 11. The lowest BCUT2D eigenvalue weighted by Crippen LogP contribution is -2.66. The molecule has 0 saturated carbocycles. The van der Waals surface area contributed by atoms with Crippen LogP contribution in [0.25, 0.3) is 0 Å². The predicted octanol–water partition coefficient (Wildman–Crippen LogP) is 2.98. The number of likely N-dealkylation sites (tertiary alicyclic amines) is 1. The van der Waals surface area contributed by atoms with Gasteiger partial charge < -0.3 is 68.3 Å². The van der Waals surface area contributed by atoms with Gasteiger partial charge in [0, 0.05) is 57.9 Å². The smallest absolute Gasteiger partial charge is 0.246 e. The minimum absolute atomic E-state index is 0.00126. The van der Waals surface area contributed by atoms with Gasteiger partial charge in [0.05, 0.1) is 12.7 Å². The second kappa shape index (κ2) is 39.2. The van der Waals surface area contributed by atoms with Gasteiger partial charge in [-0.3, -0.25) is 52.7 Å². The Bertz CT molecular complexity index is 2210. The van der Waals surface area contributed by atoms with Crippen LogP contribution in [0, 0.1) is 17.8 Å². The van der Waals surface area contributed by atoms with Crippen LogP contribution in [0.4, 0.5) is 0 Å². The van der Waals surface area contributed by atoms with Crippen molar-refractivity contribution in [2.24, 2.45) is 17.8 Å². The van der Waals surface area contributed by atoms with Gasteiger partial charge in [0.15, 0.2) is 0 Å². The summed E-state index contributed by atoms with van der Waals surface area (Å²) in [5.74, 6) is -6.21. The van der Waals surface area contributed by atoms with E-state index in [9.17, 15) is 57.8 Å². The van der Waals surface area contributed by atoms with E-state index in [2.05, 4.69) is 60.1 Å². The van der Waals surface area contributed by atoms with Gasteiger partial charge in [0.25, 0.3) is 0 Å². The highest BCUT2D eigenvalue weighted by molar-refractivity contribution is 6.00. The molecule has 1 rings (SSSR count). The summed E-state index contributed by atoms with van der Waals surface area (Å²) in [5.41, 5.74) is -5.01. The van der Waals surface area contributed by atoms with Crippen molar-refractivity contribution in [1.82, 2.24) is 58.1 Å². The van der Waals surface area contributed by atoms with E-state index < -0.39 is 100 Å². The second-order valence-corrected chi connectivity index (χ2v) is 26.0. The summed E-state index contributed by atoms with van der Waals surface area (Å²) in [5, 5.41) is 47.5. The van der Waals surface area contributed by atoms with Crippen LogP contribution in [0.3, 0.4) is 0 Å². The summed E-state index contributed by atoms with van der Waals surface area (Å²) in [6, 6.07) is -5.64. The zero-order chi connectivity index (χ0) is 65.5. The third kappa shape index (κ3) is 29.8. The molecule has 24 heteroatoms. The largest absolute Gasteiger partial charge is 0.395 e. The number of Topliss-reactive ketones (excluding diaryl/α,β-unsaturated/α-hetero) is 1. The highest BCUT2D eigenvalue weighted by atomic mass is 16.3. The highest BCUT2D eigenvalue weighted by Gasteiger charge is 2.42. The van der Waals surface area contributed by atoms with E-state index in [1.165, 1.54) is 46.4 Å². The van der Waals surface area contributed by atoms with Crippen LogP contribution in [0.15, 0.2) is 0 Å². The fourth-order valence-electron chi connectivity index (χ4n) is 9.94. The number of unbranched alkanes of at least 4 members (excludes halogenated alkanes) is 3. The predicted molar refractivity (Wildman–Crippen MR) is 330 cm³/mol. The average molecular weight is 1220 g/mol. The molecule has 0 radical (unpaired) electrons. The molecule has 1 aliphatic rings. The molecule has 24 nitrogen and oxygen atoms in total. The van der Waals surface area contributed by atoms with E-state index in [1.54, 1.807) is 13.8 Å². The normalized spacial score (nSPS) is 16.1. The van der Waals surface area contributed by atoms with E-state index in [1.807, 2.05) is 41.5 Å². The van der Waals surface area contributed by atoms with Gasteiger partial charge in [0.1, 0.15) is 52.6 Å². The van der Waals surface area contributed by atoms with Gasteiger partial charge in [-0.2, -0.15) is 0 Å². The molecule has 1 aliphatic heterocycles. The van der Waals surface area contributed by atoms with Gasteiger partial charge in [-0.25, -0.2) is 0 Å². The van der Waals surface area contributed by atoms with Crippen LogP contribution in [0.5, 0.6) is 0 Å². The Balaban J connectivity index is 3.39. The first kappa shape index (κ1) is 78.3. The number of aliphatic hydroxyl groups excluding tert-OH is 2. The molecule has 86 heavy (non-hydrogen) atoms. The zero-order valence-corrected chi connectivity index (χ0v) is 54.9. The fourth-order valence-corrected chi connectivity index (χ4v) is 9.94. The first-order valence-corrected chi connectivity index (χ1v) is 31.7. The van der Waals surface area contributed by atoms with Crippen LogP contribution in [-0.2, 0) is 52.7 Å². The molecule has 494 valence electrons. The van der Waals surface area contributed by atoms with E-state index >= 15 is 0 Å². The fraction of sp³-hybridized carbons (Fsp3) is 0.823. The molecule has 8 atom stereocenters. The number of amides is 10. The van der Waals surface area contributed by atoms with E-state index in [-0.39, 0.29) is 119 Å². The van der Waals surface area contributed by atoms with Crippen LogP contribution >= 0.6 is 0 Å². The molecule has 10 amide bonds. The number of rotatable bonds is 43. The first-order valence-electron chi connectivity index (χ1n) is 31.7. The van der Waals surface area contributed by atoms with Gasteiger partial charge in [-0.05, 0) is 124 Å². The van der Waals surface area contributed by atoms with Gasteiger partial charge in [0.2, 0.25) is 59.1 Å². The lowest BCUT2D eigenvalue weighted by Gasteiger charge is -2.34. The summed E-state index contributed by atoms with van der Waals surface area (Å²) in [6.45, 7) is 26.8. The number of aliphatic hydroxyl groups is 2. The second-order valence-electron chi connectivity index (χ2n) is 26.0. The van der Waals surface area contributed by atoms with Crippen LogP contribution < -0.4 is 53.2 Å². The maximum absolute atomic E-state index is 14.6. The van der Waals surface area contributed by atoms with Crippen molar-refractivity contribution in [3.8, 4) is 0 Å². The van der Waals surface area contributed by atoms with Crippen molar-refractivity contribution in [3.05, 3.63) is 0 Å². The number of carbonyl (C=O) groups is 11. The molecule has 1 fully saturated rings. The van der Waals surface area contributed by atoms with E-state index in [0.717, 1.165) is 32.1 Å². The third-order valence-corrected chi connectivity index (χ3v) is 15.1. The topological polar surface area (TPSA) is 352 Å². The SMILES string of the molecule is CCCCCC[C@@H](C)C[C@H](NC(=O)C(C)(C)NC(=O)C(C)(C)NC(=O)[C@H](CCCC(O)CC(=O)CC)NC(=O)[C@@H]1CCCN1C(=O)CCC)C(=O)N[C@@H](CC(C)C)C(=O)NC(C)(C)C(=O)N[C@@H](CC(C)C)C(=O)NCCC(=O)N[C@@H](C)CNCCO. The number of nitrogens with one attached hydrogen (secondary N) is 10. The quantitative estimate of drug-likeness (QED) is 0.0391. The highest BCUT2D eigenvalue weighted by Crippen LogP contribution is 2.22. The van der Waals surface area contributed by atoms with Crippen LogP contribution in [0.2, 0.25) is 0 Å². The Labute approximate surface area is 513 Å². The number of hydrogen-bond acceptors (Lipinski definition) is 14. The Hall–Kier alpha value is -5.75. The van der Waals surface area contributed by atoms with Crippen molar-refractivity contribution >= 4 is 64.9 Å². The summed E-state index contributed by atoms with van der Waals surface area (Å²) in [6.07, 6.45) is 6.65. The summed E-state index contributed by atoms with van der Waals surface area (Å²) < 4.78 is 0. The molecule has 0 aliphatic carbocycles. The number of nitrogens with zero attached hydrogens (tertiary/aromatic N) is 1. The molecule has 1 heterocycles. The summed E-state index contributed by atoms with van der Waals surface area (Å²) in [7, 11) is 0. The zero-order valence-electron chi connectivity index (χ0n) is 54.9. The summed E-state index contributed by atoms with van der Waals surface area (Å²) in [4.78, 5) is 152. The standard InChI is InChI=1S/C62H113N11O13/c1-16-19-20-21-25-41(8)36-48(53(80)67-47(35-40(6)7)55(82)71-60(10,11)57(84)68-46(34-39(4)5)52(79)64-30-29-50(77)65-42(9)38-63-31-33-74)69-58(85)61(12,13)72-59(86)62(14,15)70-54(81)45(27-22-26-44(76)37-43(75)18-3)66-56(83)49-28-23-32-73(49)51(78)24-17-2/h39-42,44-49,63,74,76H,16-38H2,1-15H3,(H,64,79)(H,65,77)(H,66,83)(H,67,80)(H,68,84)(H,69,85)(H,70,81)(H,71,82)(H,72,86)/t41-,42+,44?,45+,46+,47+,48+,49+/m1/s1. The number of hydrogen-bond donors (Lipinski definition) is 12. The molecule has 1 saturated heterocycles. The lowest BCUT2D eigenvalue weighted by atomic mass is 9.93. The molecule has 12 N–H and O–H groups in total. The van der Waals surface area contributed by atoms with Crippen molar-refractivity contribution < 1.29 is 63.0 Å². The van der Waals surface area contributed by atoms with Crippen molar-refractivity contribution in [1.29, 1.82) is 0 Å². The molecule has 0 aromatic rings. The van der Waals surface area contributed by atoms with Crippen LogP contribution in [-0.4, -0.2) is 172 Å². The number of ketones is 1. The molecule has 0 bridgehead atoms. The van der Waals surface area contributed by atoms with E-state index in [0.29, 0.717) is 38.9 Å². The molecule has 0 aromatic heterocycles. The monoisotopic (exact) mass is 1220 g/mol. The molecule has 1 unspecified atom stereocenters. The molecule has 0 aromatic carbocycles. The van der Waals surface area contributed by atoms with Gasteiger partial charge >= 0.3 is 0 Å². The first-order chi connectivity index (χ1) is 40.1. The molecule has 0 spiro atoms. The molecular weight excluding hydrogens is 1110 g/mol. The average Bonchev–Trinajstić information content (AvgIpc) is 1.82. The van der Waals surface area contributed by atoms with Crippen molar-refractivity contribution in [3.63, 3.8) is 0 Å². The Morgan fingerprint density at radius 3 is 1.67 bits per heavy atom. The van der Waals surface area contributed by atoms with Crippen molar-refractivity contribution in [2.45, 2.75) is 278 Å². The summed E-state index contributed by atoms with van der Waals surface area (Å²) >= 11 is 0. The molecular formula is C62H113N11O13.